The van der Waals surface area contributed by atoms with Crippen LogP contribution < -0.4 is 5.73 Å². The third-order valence-corrected chi connectivity index (χ3v) is 2.86. The summed E-state index contributed by atoms with van der Waals surface area (Å²) in [5, 5.41) is 9.94. The quantitative estimate of drug-likeness (QED) is 0.598. The SMILES string of the molecule is Nc1ccc2ccn(CCCCCO)c2c1. The van der Waals surface area contributed by atoms with Gasteiger partial charge in [-0.05, 0) is 42.8 Å². The summed E-state index contributed by atoms with van der Waals surface area (Å²) in [6.07, 6.45) is 5.15. The number of hydrogen-bond acceptors (Lipinski definition) is 2. The van der Waals surface area contributed by atoms with Crippen molar-refractivity contribution in [1.29, 1.82) is 0 Å². The number of rotatable bonds is 5. The molecule has 0 radical (unpaired) electrons. The standard InChI is InChI=1S/C13H18N2O/c14-12-5-4-11-6-8-15(13(11)10-12)7-2-1-3-9-16/h4-6,8,10,16H,1-3,7,9,14H2. The molecule has 1 aromatic heterocycles. The van der Waals surface area contributed by atoms with Crippen molar-refractivity contribution < 1.29 is 5.11 Å². The molecule has 0 aliphatic rings. The molecule has 0 saturated heterocycles. The van der Waals surface area contributed by atoms with Crippen molar-refractivity contribution in [3.8, 4) is 0 Å². The van der Waals surface area contributed by atoms with Crippen LogP contribution in [0.15, 0.2) is 30.5 Å². The highest BCUT2D eigenvalue weighted by atomic mass is 16.2. The first-order chi connectivity index (χ1) is 7.81. The topological polar surface area (TPSA) is 51.2 Å². The summed E-state index contributed by atoms with van der Waals surface area (Å²) in [6.45, 7) is 1.28. The molecule has 86 valence electrons. The summed E-state index contributed by atoms with van der Waals surface area (Å²) in [4.78, 5) is 0. The maximum Gasteiger partial charge on any atom is 0.0500 e. The summed E-state index contributed by atoms with van der Waals surface area (Å²) in [5.41, 5.74) is 7.79. The smallest absolute Gasteiger partial charge is 0.0500 e. The van der Waals surface area contributed by atoms with Crippen LogP contribution in [0, 0.1) is 0 Å². The average Bonchev–Trinajstić information content (AvgIpc) is 2.67. The Morgan fingerprint density at radius 2 is 2.00 bits per heavy atom. The first-order valence-corrected chi connectivity index (χ1v) is 5.76. The van der Waals surface area contributed by atoms with Crippen LogP contribution >= 0.6 is 0 Å². The Morgan fingerprint density at radius 3 is 2.81 bits per heavy atom. The Balaban J connectivity index is 2.09. The van der Waals surface area contributed by atoms with Gasteiger partial charge in [0, 0.05) is 25.0 Å². The number of hydrogen-bond donors (Lipinski definition) is 2. The Bertz CT molecular complexity index is 462. The molecule has 0 fully saturated rings. The zero-order valence-corrected chi connectivity index (χ0v) is 9.39. The molecule has 2 rings (SSSR count). The van der Waals surface area contributed by atoms with Crippen molar-refractivity contribution in [2.45, 2.75) is 25.8 Å². The summed E-state index contributed by atoms with van der Waals surface area (Å²) in [7, 11) is 0. The van der Waals surface area contributed by atoms with Crippen LogP contribution in [0.25, 0.3) is 10.9 Å². The maximum absolute atomic E-state index is 8.71. The lowest BCUT2D eigenvalue weighted by molar-refractivity contribution is 0.282. The van der Waals surface area contributed by atoms with Gasteiger partial charge in [0.2, 0.25) is 0 Å². The lowest BCUT2D eigenvalue weighted by atomic mass is 10.2. The van der Waals surface area contributed by atoms with Gasteiger partial charge >= 0.3 is 0 Å². The molecule has 3 heteroatoms. The van der Waals surface area contributed by atoms with E-state index in [9.17, 15) is 0 Å². The maximum atomic E-state index is 8.71. The minimum absolute atomic E-state index is 0.291. The van der Waals surface area contributed by atoms with E-state index in [-0.39, 0.29) is 0 Å². The molecule has 0 unspecified atom stereocenters. The molecule has 1 aromatic carbocycles. The van der Waals surface area contributed by atoms with E-state index in [0.717, 1.165) is 31.5 Å². The van der Waals surface area contributed by atoms with E-state index in [1.54, 1.807) is 0 Å². The molecule has 0 saturated carbocycles. The Hall–Kier alpha value is -1.48. The summed E-state index contributed by atoms with van der Waals surface area (Å²) in [6, 6.07) is 8.11. The highest BCUT2D eigenvalue weighted by Gasteiger charge is 2.00. The fourth-order valence-electron chi connectivity index (χ4n) is 1.97. The predicted molar refractivity (Wildman–Crippen MR) is 67.3 cm³/mol. The summed E-state index contributed by atoms with van der Waals surface area (Å²) >= 11 is 0. The molecule has 0 amide bonds. The van der Waals surface area contributed by atoms with Crippen molar-refractivity contribution in [2.24, 2.45) is 0 Å². The van der Waals surface area contributed by atoms with Crippen LogP contribution in [0.1, 0.15) is 19.3 Å². The van der Waals surface area contributed by atoms with Crippen LogP contribution in [0.4, 0.5) is 5.69 Å². The molecule has 0 bridgehead atoms. The van der Waals surface area contributed by atoms with Crippen molar-refractivity contribution in [3.63, 3.8) is 0 Å². The van der Waals surface area contributed by atoms with E-state index in [2.05, 4.69) is 22.9 Å². The van der Waals surface area contributed by atoms with Crippen LogP contribution in [0.3, 0.4) is 0 Å². The first kappa shape index (κ1) is 11.0. The molecule has 16 heavy (non-hydrogen) atoms. The van der Waals surface area contributed by atoms with Gasteiger partial charge in [0.15, 0.2) is 0 Å². The number of aromatic nitrogens is 1. The molecule has 3 nitrogen and oxygen atoms in total. The number of nitrogens with zero attached hydrogens (tertiary/aromatic N) is 1. The van der Waals surface area contributed by atoms with Crippen molar-refractivity contribution in [2.75, 3.05) is 12.3 Å². The van der Waals surface area contributed by atoms with E-state index in [0.29, 0.717) is 6.61 Å². The Labute approximate surface area is 95.5 Å². The highest BCUT2D eigenvalue weighted by molar-refractivity contribution is 5.83. The monoisotopic (exact) mass is 218 g/mol. The molecule has 1 heterocycles. The average molecular weight is 218 g/mol. The lowest BCUT2D eigenvalue weighted by Gasteiger charge is -2.05. The molecular formula is C13H18N2O. The van der Waals surface area contributed by atoms with Gasteiger partial charge < -0.3 is 15.4 Å². The van der Waals surface area contributed by atoms with Gasteiger partial charge in [0.25, 0.3) is 0 Å². The molecule has 3 N–H and O–H groups in total. The second-order valence-corrected chi connectivity index (χ2v) is 4.11. The van der Waals surface area contributed by atoms with Crippen LogP contribution in [0.5, 0.6) is 0 Å². The van der Waals surface area contributed by atoms with Gasteiger partial charge in [0.1, 0.15) is 0 Å². The summed E-state index contributed by atoms with van der Waals surface area (Å²) < 4.78 is 2.23. The van der Waals surface area contributed by atoms with E-state index in [4.69, 9.17) is 10.8 Å². The number of aliphatic hydroxyl groups is 1. The van der Waals surface area contributed by atoms with Gasteiger partial charge in [-0.1, -0.05) is 6.07 Å². The van der Waals surface area contributed by atoms with Gasteiger partial charge in [-0.25, -0.2) is 0 Å². The van der Waals surface area contributed by atoms with E-state index in [1.165, 1.54) is 10.9 Å². The Morgan fingerprint density at radius 1 is 1.12 bits per heavy atom. The van der Waals surface area contributed by atoms with Crippen LogP contribution in [-0.4, -0.2) is 16.3 Å². The fraction of sp³-hybridized carbons (Fsp3) is 0.385. The number of aryl methyl sites for hydroxylation is 1. The van der Waals surface area contributed by atoms with E-state index < -0.39 is 0 Å². The Kier molecular flexibility index (Phi) is 3.47. The van der Waals surface area contributed by atoms with Gasteiger partial charge in [-0.15, -0.1) is 0 Å². The molecule has 2 aromatic rings. The lowest BCUT2D eigenvalue weighted by Crippen LogP contribution is -1.97. The minimum atomic E-state index is 0.291. The second-order valence-electron chi connectivity index (χ2n) is 4.11. The summed E-state index contributed by atoms with van der Waals surface area (Å²) in [5.74, 6) is 0. The highest BCUT2D eigenvalue weighted by Crippen LogP contribution is 2.19. The van der Waals surface area contributed by atoms with Crippen molar-refractivity contribution >= 4 is 16.6 Å². The number of aliphatic hydroxyl groups excluding tert-OH is 1. The molecule has 0 aliphatic heterocycles. The van der Waals surface area contributed by atoms with E-state index in [1.807, 2.05) is 12.1 Å². The fourth-order valence-corrected chi connectivity index (χ4v) is 1.97. The van der Waals surface area contributed by atoms with Crippen molar-refractivity contribution in [1.82, 2.24) is 4.57 Å². The normalized spacial score (nSPS) is 11.1. The van der Waals surface area contributed by atoms with Gasteiger partial charge in [0.05, 0.1) is 5.52 Å². The van der Waals surface area contributed by atoms with Crippen LogP contribution in [-0.2, 0) is 6.54 Å². The second kappa shape index (κ2) is 5.03. The number of nitrogen functional groups attached to an aromatic ring is 1. The number of unbranched alkanes of at least 4 members (excludes halogenated alkanes) is 2. The number of nitrogens with two attached hydrogens (primary N) is 1. The van der Waals surface area contributed by atoms with E-state index >= 15 is 0 Å². The van der Waals surface area contributed by atoms with Crippen LogP contribution in [0.2, 0.25) is 0 Å². The van der Waals surface area contributed by atoms with Crippen molar-refractivity contribution in [3.05, 3.63) is 30.5 Å². The number of anilines is 1. The number of benzene rings is 1. The molecule has 0 spiro atoms. The van der Waals surface area contributed by atoms with Gasteiger partial charge in [-0.3, -0.25) is 0 Å². The number of fused-ring (bicyclic) bond motifs is 1. The first-order valence-electron chi connectivity index (χ1n) is 5.76. The largest absolute Gasteiger partial charge is 0.399 e. The third kappa shape index (κ3) is 2.36. The zero-order chi connectivity index (χ0) is 11.4. The molecule has 0 atom stereocenters. The molecule has 0 aliphatic carbocycles. The minimum Gasteiger partial charge on any atom is -0.399 e. The third-order valence-electron chi connectivity index (χ3n) is 2.86. The zero-order valence-electron chi connectivity index (χ0n) is 9.39. The molecular weight excluding hydrogens is 200 g/mol. The van der Waals surface area contributed by atoms with Gasteiger partial charge in [-0.2, -0.15) is 0 Å². The predicted octanol–water partition coefficient (Wildman–Crippen LogP) is 2.39.